The molecule has 2 heterocycles. The van der Waals surface area contributed by atoms with E-state index in [4.69, 9.17) is 0 Å². The maximum absolute atomic E-state index is 12.8. The van der Waals surface area contributed by atoms with Crippen LogP contribution in [0.5, 0.6) is 0 Å². The van der Waals surface area contributed by atoms with Crippen LogP contribution in [0.15, 0.2) is 30.3 Å². The van der Waals surface area contributed by atoms with Crippen molar-refractivity contribution in [1.82, 2.24) is 14.7 Å². The summed E-state index contributed by atoms with van der Waals surface area (Å²) in [5.41, 5.74) is 3.29. The Labute approximate surface area is 147 Å². The molecular weight excluding hydrogens is 318 g/mol. The van der Waals surface area contributed by atoms with Crippen LogP contribution in [0.4, 0.5) is 0 Å². The van der Waals surface area contributed by atoms with Crippen LogP contribution in [-0.2, 0) is 4.79 Å². The predicted octanol–water partition coefficient (Wildman–Crippen LogP) is 2.67. The third-order valence-corrected chi connectivity index (χ3v) is 4.68. The summed E-state index contributed by atoms with van der Waals surface area (Å²) in [6.07, 6.45) is 0.607. The van der Waals surface area contributed by atoms with Gasteiger partial charge in [-0.25, -0.2) is 4.68 Å². The summed E-state index contributed by atoms with van der Waals surface area (Å²) in [4.78, 5) is 25.8. The molecule has 0 aliphatic carbocycles. The highest BCUT2D eigenvalue weighted by Crippen LogP contribution is 2.23. The maximum atomic E-state index is 12.8. The zero-order valence-corrected chi connectivity index (χ0v) is 14.8. The van der Waals surface area contributed by atoms with E-state index in [9.17, 15) is 14.7 Å². The molecule has 0 radical (unpaired) electrons. The number of nitrogens with zero attached hydrogens (tertiary/aromatic N) is 3. The topological polar surface area (TPSA) is 75.4 Å². The highest BCUT2D eigenvalue weighted by molar-refractivity contribution is 5.93. The minimum absolute atomic E-state index is 0.166. The smallest absolute Gasteiger partial charge is 0.308 e. The summed E-state index contributed by atoms with van der Waals surface area (Å²) in [5.74, 6) is -1.38. The molecule has 2 atom stereocenters. The number of piperidine rings is 1. The Bertz CT molecular complexity index is 795. The number of carbonyl (C=O) groups excluding carboxylic acids is 1. The highest BCUT2D eigenvalue weighted by Gasteiger charge is 2.33. The molecule has 3 rings (SSSR count). The lowest BCUT2D eigenvalue weighted by Gasteiger charge is -2.34. The molecule has 1 saturated heterocycles. The van der Waals surface area contributed by atoms with E-state index >= 15 is 0 Å². The number of carboxylic acids is 1. The molecule has 0 spiro atoms. The molecule has 2 unspecified atom stereocenters. The van der Waals surface area contributed by atoms with Crippen molar-refractivity contribution in [3.63, 3.8) is 0 Å². The number of amides is 1. The zero-order chi connectivity index (χ0) is 18.1. The molecule has 1 N–H and O–H groups in total. The minimum atomic E-state index is -0.842. The largest absolute Gasteiger partial charge is 0.481 e. The van der Waals surface area contributed by atoms with Crippen LogP contribution >= 0.6 is 0 Å². The summed E-state index contributed by atoms with van der Waals surface area (Å²) >= 11 is 0. The first-order valence-electron chi connectivity index (χ1n) is 8.51. The van der Waals surface area contributed by atoms with Gasteiger partial charge in [-0.3, -0.25) is 9.59 Å². The molecule has 6 nitrogen and oxygen atoms in total. The Kier molecular flexibility index (Phi) is 4.61. The molecule has 1 aromatic heterocycles. The molecule has 1 fully saturated rings. The van der Waals surface area contributed by atoms with Crippen molar-refractivity contribution in [2.45, 2.75) is 27.2 Å². The fourth-order valence-electron chi connectivity index (χ4n) is 3.38. The van der Waals surface area contributed by atoms with Crippen molar-refractivity contribution in [2.24, 2.45) is 11.8 Å². The fourth-order valence-corrected chi connectivity index (χ4v) is 3.38. The van der Waals surface area contributed by atoms with Crippen LogP contribution < -0.4 is 0 Å². The second-order valence-corrected chi connectivity index (χ2v) is 7.00. The van der Waals surface area contributed by atoms with Gasteiger partial charge in [0.25, 0.3) is 5.91 Å². The lowest BCUT2D eigenvalue weighted by Crippen LogP contribution is -2.45. The Morgan fingerprint density at radius 3 is 2.48 bits per heavy atom. The number of hydrogen-bond acceptors (Lipinski definition) is 3. The molecule has 6 heteroatoms. The number of carbonyl (C=O) groups is 2. The minimum Gasteiger partial charge on any atom is -0.481 e. The van der Waals surface area contributed by atoms with Crippen molar-refractivity contribution < 1.29 is 14.7 Å². The van der Waals surface area contributed by atoms with Crippen LogP contribution in [0.25, 0.3) is 5.69 Å². The molecule has 1 aliphatic heterocycles. The van der Waals surface area contributed by atoms with Gasteiger partial charge in [0.15, 0.2) is 5.69 Å². The number of hydrogen-bond donors (Lipinski definition) is 1. The van der Waals surface area contributed by atoms with Crippen LogP contribution in [0.2, 0.25) is 0 Å². The predicted molar refractivity (Wildman–Crippen MR) is 93.8 cm³/mol. The second-order valence-electron chi connectivity index (χ2n) is 7.00. The summed E-state index contributed by atoms with van der Waals surface area (Å²) in [6, 6.07) is 9.70. The van der Waals surface area contributed by atoms with Gasteiger partial charge < -0.3 is 10.0 Å². The molecule has 132 valence electrons. The number of benzene rings is 1. The van der Waals surface area contributed by atoms with Gasteiger partial charge in [-0.2, -0.15) is 5.10 Å². The van der Waals surface area contributed by atoms with Crippen LogP contribution in [0.1, 0.15) is 35.1 Å². The average Bonchev–Trinajstić information content (AvgIpc) is 2.96. The monoisotopic (exact) mass is 341 g/mol. The van der Waals surface area contributed by atoms with Crippen molar-refractivity contribution in [3.05, 3.63) is 47.3 Å². The van der Waals surface area contributed by atoms with E-state index < -0.39 is 11.9 Å². The molecule has 2 aromatic rings. The van der Waals surface area contributed by atoms with Gasteiger partial charge in [0.2, 0.25) is 0 Å². The van der Waals surface area contributed by atoms with Crippen molar-refractivity contribution in [1.29, 1.82) is 0 Å². The van der Waals surface area contributed by atoms with Gasteiger partial charge in [-0.05, 0) is 44.4 Å². The van der Waals surface area contributed by atoms with Crippen LogP contribution in [-0.4, -0.2) is 44.8 Å². The summed E-state index contributed by atoms with van der Waals surface area (Å²) in [6.45, 7) is 6.72. The first-order valence-corrected chi connectivity index (χ1v) is 8.51. The highest BCUT2D eigenvalue weighted by atomic mass is 16.4. The normalized spacial score (nSPS) is 20.5. The SMILES string of the molecule is Cc1ccc(-n2nc(C(=O)N3CC(C)CC(C(=O)O)C3)cc2C)cc1. The van der Waals surface area contributed by atoms with Gasteiger partial charge in [0.1, 0.15) is 0 Å². The lowest BCUT2D eigenvalue weighted by molar-refractivity contribution is -0.143. The van der Waals surface area contributed by atoms with Gasteiger partial charge in [-0.15, -0.1) is 0 Å². The zero-order valence-electron chi connectivity index (χ0n) is 14.8. The van der Waals surface area contributed by atoms with Crippen molar-refractivity contribution in [2.75, 3.05) is 13.1 Å². The summed E-state index contributed by atoms with van der Waals surface area (Å²) < 4.78 is 1.74. The van der Waals surface area contributed by atoms with Crippen molar-refractivity contribution in [3.8, 4) is 5.69 Å². The molecule has 1 aromatic carbocycles. The van der Waals surface area contributed by atoms with E-state index in [2.05, 4.69) is 5.10 Å². The molecule has 1 amide bonds. The van der Waals surface area contributed by atoms with Crippen LogP contribution in [0, 0.1) is 25.7 Å². The Hall–Kier alpha value is -2.63. The molecule has 25 heavy (non-hydrogen) atoms. The van der Waals surface area contributed by atoms with E-state index in [1.54, 1.807) is 15.6 Å². The molecule has 0 saturated carbocycles. The Morgan fingerprint density at radius 1 is 1.16 bits per heavy atom. The Balaban J connectivity index is 1.84. The van der Waals surface area contributed by atoms with Crippen molar-refractivity contribution >= 4 is 11.9 Å². The maximum Gasteiger partial charge on any atom is 0.308 e. The number of aryl methyl sites for hydroxylation is 2. The number of aromatic nitrogens is 2. The number of carboxylic acid groups (broad SMARTS) is 1. The summed E-state index contributed by atoms with van der Waals surface area (Å²) in [5, 5.41) is 13.7. The standard InChI is InChI=1S/C19H23N3O3/c1-12-4-6-16(7-5-12)22-14(3)9-17(20-22)18(23)21-10-13(2)8-15(11-21)19(24)25/h4-7,9,13,15H,8,10-11H2,1-3H3,(H,24,25). The summed E-state index contributed by atoms with van der Waals surface area (Å²) in [7, 11) is 0. The number of likely N-dealkylation sites (tertiary alicyclic amines) is 1. The van der Waals surface area contributed by atoms with E-state index in [0.717, 1.165) is 16.9 Å². The third kappa shape index (κ3) is 3.57. The number of aliphatic carboxylic acids is 1. The fraction of sp³-hybridized carbons (Fsp3) is 0.421. The molecule has 0 bridgehead atoms. The van der Waals surface area contributed by atoms with Gasteiger partial charge >= 0.3 is 5.97 Å². The lowest BCUT2D eigenvalue weighted by atomic mass is 9.90. The quantitative estimate of drug-likeness (QED) is 0.931. The molecule has 1 aliphatic rings. The van der Waals surface area contributed by atoms with E-state index in [1.807, 2.05) is 45.0 Å². The van der Waals surface area contributed by atoms with Gasteiger partial charge in [0, 0.05) is 18.8 Å². The number of rotatable bonds is 3. The van der Waals surface area contributed by atoms with Crippen LogP contribution in [0.3, 0.4) is 0 Å². The first-order chi connectivity index (χ1) is 11.8. The van der Waals surface area contributed by atoms with Gasteiger partial charge in [0.05, 0.1) is 11.6 Å². The van der Waals surface area contributed by atoms with Gasteiger partial charge in [-0.1, -0.05) is 24.6 Å². The first kappa shape index (κ1) is 17.2. The Morgan fingerprint density at radius 2 is 1.84 bits per heavy atom. The van der Waals surface area contributed by atoms with E-state index in [1.165, 1.54) is 0 Å². The average molecular weight is 341 g/mol. The van der Waals surface area contributed by atoms with E-state index in [-0.39, 0.29) is 18.4 Å². The third-order valence-electron chi connectivity index (χ3n) is 4.68. The molecular formula is C19H23N3O3. The van der Waals surface area contributed by atoms with E-state index in [0.29, 0.717) is 18.7 Å². The second kappa shape index (κ2) is 6.70.